The molecule has 0 nitrogen and oxygen atoms in total. The van der Waals surface area contributed by atoms with Crippen LogP contribution in [0.5, 0.6) is 0 Å². The summed E-state index contributed by atoms with van der Waals surface area (Å²) in [6.07, 6.45) is 0. The molecule has 2 aromatic carbocycles. The van der Waals surface area contributed by atoms with E-state index in [2.05, 4.69) is 63.7 Å². The molecule has 20 heavy (non-hydrogen) atoms. The van der Waals surface area contributed by atoms with E-state index in [9.17, 15) is 8.78 Å². The number of rotatable bonds is 1. The Morgan fingerprint density at radius 2 is 1.50 bits per heavy atom. The minimum absolute atomic E-state index is 0.245. The predicted octanol–water partition coefficient (Wildman–Crippen LogP) is 7.34. The zero-order valence-electron chi connectivity index (χ0n) is 10.4. The first-order valence-corrected chi connectivity index (χ1v) is 8.64. The van der Waals surface area contributed by atoms with Gasteiger partial charge in [0.2, 0.25) is 0 Å². The number of halogens is 6. The number of hydrogen-bond acceptors (Lipinski definition) is 0. The molecule has 0 aliphatic rings. The first-order valence-electron chi connectivity index (χ1n) is 5.46. The van der Waals surface area contributed by atoms with Crippen LogP contribution in [0.1, 0.15) is 11.1 Å². The van der Waals surface area contributed by atoms with Crippen LogP contribution in [0.3, 0.4) is 0 Å². The summed E-state index contributed by atoms with van der Waals surface area (Å²) in [7, 11) is 0. The lowest BCUT2D eigenvalue weighted by atomic mass is 10.2. The molecule has 0 fully saturated rings. The van der Waals surface area contributed by atoms with E-state index in [0.29, 0.717) is 14.5 Å². The monoisotopic (exact) mass is 532 g/mol. The summed E-state index contributed by atoms with van der Waals surface area (Å²) in [5.41, 5.74) is 1.70. The summed E-state index contributed by atoms with van der Waals surface area (Å²) in [5.74, 6) is -0.245. The van der Waals surface area contributed by atoms with Gasteiger partial charge in [-0.1, -0.05) is 12.1 Å². The Bertz CT molecular complexity index is 577. The molecular formula is C14H10Br4F2. The highest BCUT2D eigenvalue weighted by atomic mass is 79.9. The van der Waals surface area contributed by atoms with E-state index < -0.39 is 6.67 Å². The fraction of sp³-hybridized carbons (Fsp3) is 0.143. The SMILES string of the molecule is Cc1cc(Br)c(F)c(Br)c1.FCc1cccc(Br)c1Br. The van der Waals surface area contributed by atoms with Gasteiger partial charge in [-0.3, -0.25) is 0 Å². The lowest BCUT2D eigenvalue weighted by molar-refractivity contribution is 0.484. The van der Waals surface area contributed by atoms with Crippen molar-refractivity contribution in [2.45, 2.75) is 13.6 Å². The summed E-state index contributed by atoms with van der Waals surface area (Å²) < 4.78 is 27.6. The van der Waals surface area contributed by atoms with Gasteiger partial charge in [-0.2, -0.15) is 0 Å². The lowest BCUT2D eigenvalue weighted by Gasteiger charge is -1.99. The van der Waals surface area contributed by atoms with Gasteiger partial charge in [0.15, 0.2) is 5.82 Å². The van der Waals surface area contributed by atoms with Crippen molar-refractivity contribution >= 4 is 63.7 Å². The molecule has 0 amide bonds. The highest BCUT2D eigenvalue weighted by Gasteiger charge is 2.03. The minimum Gasteiger partial charge on any atom is -0.246 e. The van der Waals surface area contributed by atoms with Crippen LogP contribution in [0, 0.1) is 12.7 Å². The van der Waals surface area contributed by atoms with E-state index in [1.807, 2.05) is 19.1 Å². The van der Waals surface area contributed by atoms with Crippen molar-refractivity contribution in [1.82, 2.24) is 0 Å². The molecule has 0 heterocycles. The molecule has 0 spiro atoms. The molecule has 0 atom stereocenters. The van der Waals surface area contributed by atoms with Gasteiger partial charge in [0, 0.05) is 8.95 Å². The summed E-state index contributed by atoms with van der Waals surface area (Å²) in [4.78, 5) is 0. The van der Waals surface area contributed by atoms with E-state index in [4.69, 9.17) is 0 Å². The summed E-state index contributed by atoms with van der Waals surface area (Å²) in [5, 5.41) is 0. The molecule has 0 aliphatic heterocycles. The fourth-order valence-corrected chi connectivity index (χ4v) is 3.53. The Labute approximate surface area is 150 Å². The lowest BCUT2D eigenvalue weighted by Crippen LogP contribution is -1.81. The normalized spacial score (nSPS) is 9.95. The van der Waals surface area contributed by atoms with Gasteiger partial charge in [0.25, 0.3) is 0 Å². The Morgan fingerprint density at radius 3 is 1.95 bits per heavy atom. The molecule has 0 radical (unpaired) electrons. The Hall–Kier alpha value is 0.220. The van der Waals surface area contributed by atoms with E-state index in [1.165, 1.54) is 0 Å². The van der Waals surface area contributed by atoms with Crippen molar-refractivity contribution in [3.8, 4) is 0 Å². The Kier molecular flexibility index (Phi) is 7.87. The highest BCUT2D eigenvalue weighted by Crippen LogP contribution is 2.27. The number of benzene rings is 2. The molecule has 0 aromatic heterocycles. The Morgan fingerprint density at radius 1 is 0.950 bits per heavy atom. The van der Waals surface area contributed by atoms with Crippen molar-refractivity contribution < 1.29 is 8.78 Å². The second kappa shape index (κ2) is 8.61. The van der Waals surface area contributed by atoms with Gasteiger partial charge in [-0.15, -0.1) is 0 Å². The molecule has 0 N–H and O–H groups in total. The molecule has 6 heteroatoms. The van der Waals surface area contributed by atoms with Crippen LogP contribution in [-0.4, -0.2) is 0 Å². The van der Waals surface area contributed by atoms with Gasteiger partial charge in [0.05, 0.1) is 8.95 Å². The second-order valence-electron chi connectivity index (χ2n) is 3.89. The summed E-state index contributed by atoms with van der Waals surface area (Å²) in [6, 6.07) is 8.89. The zero-order valence-corrected chi connectivity index (χ0v) is 16.7. The maximum Gasteiger partial charge on any atom is 0.151 e. The van der Waals surface area contributed by atoms with Crippen LogP contribution in [-0.2, 0) is 6.67 Å². The van der Waals surface area contributed by atoms with Crippen molar-refractivity contribution in [2.24, 2.45) is 0 Å². The highest BCUT2D eigenvalue weighted by molar-refractivity contribution is 9.13. The fourth-order valence-electron chi connectivity index (χ4n) is 1.33. The molecule has 0 aliphatic carbocycles. The van der Waals surface area contributed by atoms with Gasteiger partial charge < -0.3 is 0 Å². The molecule has 2 rings (SSSR count). The van der Waals surface area contributed by atoms with Crippen LogP contribution in [0.2, 0.25) is 0 Å². The maximum absolute atomic E-state index is 12.8. The third-order valence-corrected chi connectivity index (χ3v) is 5.59. The van der Waals surface area contributed by atoms with E-state index in [1.54, 1.807) is 18.2 Å². The number of alkyl halides is 1. The third kappa shape index (κ3) is 5.20. The topological polar surface area (TPSA) is 0 Å². The quantitative estimate of drug-likeness (QED) is 0.335. The van der Waals surface area contributed by atoms with E-state index in [0.717, 1.165) is 14.5 Å². The van der Waals surface area contributed by atoms with Crippen LogP contribution in [0.15, 0.2) is 48.2 Å². The van der Waals surface area contributed by atoms with E-state index >= 15 is 0 Å². The summed E-state index contributed by atoms with van der Waals surface area (Å²) >= 11 is 12.7. The van der Waals surface area contributed by atoms with Gasteiger partial charge in [-0.05, 0) is 100.0 Å². The predicted molar refractivity (Wildman–Crippen MR) is 93.2 cm³/mol. The standard InChI is InChI=1S/2C7H5Br2F/c1-4-2-5(8)7(10)6(9)3-4;8-6-3-1-2-5(4-10)7(6)9/h2-3H,1H3;1-3H,4H2. The first-order chi connectivity index (χ1) is 9.36. The Balaban J connectivity index is 0.000000200. The van der Waals surface area contributed by atoms with Gasteiger partial charge in [-0.25, -0.2) is 8.78 Å². The second-order valence-corrected chi connectivity index (χ2v) is 7.25. The number of aryl methyl sites for hydroxylation is 1. The number of hydrogen-bond donors (Lipinski definition) is 0. The van der Waals surface area contributed by atoms with E-state index in [-0.39, 0.29) is 5.82 Å². The average Bonchev–Trinajstić information content (AvgIpc) is 2.40. The zero-order chi connectivity index (χ0) is 15.3. The maximum atomic E-state index is 12.8. The van der Waals surface area contributed by atoms with Crippen LogP contribution < -0.4 is 0 Å². The molecular weight excluding hydrogens is 526 g/mol. The molecule has 2 aromatic rings. The van der Waals surface area contributed by atoms with Crippen molar-refractivity contribution in [3.05, 3.63) is 65.2 Å². The van der Waals surface area contributed by atoms with Crippen LogP contribution in [0.25, 0.3) is 0 Å². The average molecular weight is 536 g/mol. The van der Waals surface area contributed by atoms with Crippen LogP contribution in [0.4, 0.5) is 8.78 Å². The third-order valence-electron chi connectivity index (χ3n) is 2.30. The molecule has 108 valence electrons. The molecule has 0 saturated heterocycles. The minimum atomic E-state index is -0.431. The molecule has 0 bridgehead atoms. The van der Waals surface area contributed by atoms with Crippen LogP contribution >= 0.6 is 63.7 Å². The molecule has 0 unspecified atom stereocenters. The smallest absolute Gasteiger partial charge is 0.151 e. The summed E-state index contributed by atoms with van der Waals surface area (Å²) in [6.45, 7) is 1.48. The van der Waals surface area contributed by atoms with Gasteiger partial charge >= 0.3 is 0 Å². The largest absolute Gasteiger partial charge is 0.246 e. The first kappa shape index (κ1) is 18.3. The van der Waals surface area contributed by atoms with Gasteiger partial charge in [0.1, 0.15) is 6.67 Å². The van der Waals surface area contributed by atoms with Crippen molar-refractivity contribution in [2.75, 3.05) is 0 Å². The molecule has 0 saturated carbocycles. The van der Waals surface area contributed by atoms with Crippen molar-refractivity contribution in [3.63, 3.8) is 0 Å². The van der Waals surface area contributed by atoms with Crippen molar-refractivity contribution in [1.29, 1.82) is 0 Å².